The summed E-state index contributed by atoms with van der Waals surface area (Å²) in [5.74, 6) is 0. The van der Waals surface area contributed by atoms with Gasteiger partial charge in [-0.25, -0.2) is 4.98 Å². The smallest absolute Gasteiger partial charge is 0.0950 e. The summed E-state index contributed by atoms with van der Waals surface area (Å²) in [7, 11) is 0. The number of imidazole rings is 1. The minimum absolute atomic E-state index is 0.00737. The summed E-state index contributed by atoms with van der Waals surface area (Å²) in [5, 5.41) is 0. The van der Waals surface area contributed by atoms with Crippen molar-refractivity contribution in [3.8, 4) is 0 Å². The first kappa shape index (κ1) is 9.68. The highest BCUT2D eigenvalue weighted by molar-refractivity contribution is 4.97. The molecule has 0 spiro atoms. The zero-order valence-electron chi connectivity index (χ0n) is 8.57. The Morgan fingerprint density at radius 1 is 1.71 bits per heavy atom. The molecule has 0 aliphatic carbocycles. The summed E-state index contributed by atoms with van der Waals surface area (Å²) >= 11 is 0. The lowest BCUT2D eigenvalue weighted by atomic mass is 10.0. The molecule has 2 heterocycles. The van der Waals surface area contributed by atoms with Crippen LogP contribution in [0.2, 0.25) is 0 Å². The molecule has 0 saturated carbocycles. The van der Waals surface area contributed by atoms with E-state index in [-0.39, 0.29) is 5.60 Å². The molecule has 0 amide bonds. The lowest BCUT2D eigenvalue weighted by Crippen LogP contribution is -2.28. The van der Waals surface area contributed by atoms with E-state index in [9.17, 15) is 0 Å². The van der Waals surface area contributed by atoms with Crippen LogP contribution in [0.25, 0.3) is 0 Å². The average Bonchev–Trinajstić information content (AvgIpc) is 2.75. The molecule has 1 aromatic rings. The van der Waals surface area contributed by atoms with Crippen molar-refractivity contribution in [2.45, 2.75) is 38.5 Å². The third-order valence-corrected chi connectivity index (χ3v) is 2.71. The van der Waals surface area contributed by atoms with Gasteiger partial charge in [-0.05, 0) is 19.8 Å². The Balaban J connectivity index is 2.02. The van der Waals surface area contributed by atoms with Crippen LogP contribution < -0.4 is 5.73 Å². The molecule has 1 unspecified atom stereocenters. The molecule has 14 heavy (non-hydrogen) atoms. The van der Waals surface area contributed by atoms with Gasteiger partial charge in [-0.15, -0.1) is 0 Å². The van der Waals surface area contributed by atoms with Crippen LogP contribution in [0.3, 0.4) is 0 Å². The van der Waals surface area contributed by atoms with Gasteiger partial charge in [0.05, 0.1) is 24.2 Å². The second-order valence-electron chi connectivity index (χ2n) is 4.14. The molecule has 2 rings (SSSR count). The Morgan fingerprint density at radius 3 is 3.14 bits per heavy atom. The Labute approximate surface area is 84.1 Å². The lowest BCUT2D eigenvalue weighted by molar-refractivity contribution is 0.00620. The Bertz CT molecular complexity index is 302. The number of aromatic nitrogens is 2. The van der Waals surface area contributed by atoms with E-state index in [2.05, 4.69) is 16.5 Å². The van der Waals surface area contributed by atoms with Crippen LogP contribution >= 0.6 is 0 Å². The number of hydrogen-bond acceptors (Lipinski definition) is 3. The fourth-order valence-corrected chi connectivity index (χ4v) is 1.95. The van der Waals surface area contributed by atoms with E-state index in [0.29, 0.717) is 6.54 Å². The quantitative estimate of drug-likeness (QED) is 0.780. The molecule has 78 valence electrons. The molecule has 2 N–H and O–H groups in total. The molecule has 1 atom stereocenters. The van der Waals surface area contributed by atoms with Gasteiger partial charge in [-0.1, -0.05) is 0 Å². The molecule has 4 heteroatoms. The average molecular weight is 195 g/mol. The van der Waals surface area contributed by atoms with Gasteiger partial charge in [0.1, 0.15) is 0 Å². The molecule has 0 radical (unpaired) electrons. The summed E-state index contributed by atoms with van der Waals surface area (Å²) < 4.78 is 7.77. The minimum Gasteiger partial charge on any atom is -0.373 e. The molecule has 1 saturated heterocycles. The van der Waals surface area contributed by atoms with Crippen molar-refractivity contribution in [2.75, 3.05) is 6.61 Å². The first-order valence-electron chi connectivity index (χ1n) is 5.06. The van der Waals surface area contributed by atoms with Crippen molar-refractivity contribution >= 4 is 0 Å². The number of ether oxygens (including phenoxy) is 1. The van der Waals surface area contributed by atoms with Crippen LogP contribution in [-0.2, 0) is 17.8 Å². The maximum Gasteiger partial charge on any atom is 0.0950 e. The maximum absolute atomic E-state index is 5.71. The Hall–Kier alpha value is -0.870. The molecule has 1 fully saturated rings. The second kappa shape index (κ2) is 3.71. The predicted molar refractivity (Wildman–Crippen MR) is 53.7 cm³/mol. The SMILES string of the molecule is CC1(Cn2cnc(CN)c2)CCCO1. The van der Waals surface area contributed by atoms with Crippen LogP contribution in [0.1, 0.15) is 25.5 Å². The monoisotopic (exact) mass is 195 g/mol. The van der Waals surface area contributed by atoms with Crippen LogP contribution in [-0.4, -0.2) is 21.8 Å². The van der Waals surface area contributed by atoms with Crippen molar-refractivity contribution in [1.82, 2.24) is 9.55 Å². The largest absolute Gasteiger partial charge is 0.373 e. The number of rotatable bonds is 3. The molecule has 0 bridgehead atoms. The van der Waals surface area contributed by atoms with Gasteiger partial charge in [-0.2, -0.15) is 0 Å². The van der Waals surface area contributed by atoms with Gasteiger partial charge >= 0.3 is 0 Å². The fourth-order valence-electron chi connectivity index (χ4n) is 1.95. The summed E-state index contributed by atoms with van der Waals surface area (Å²) in [6, 6.07) is 0. The van der Waals surface area contributed by atoms with Crippen LogP contribution in [0, 0.1) is 0 Å². The first-order valence-corrected chi connectivity index (χ1v) is 5.06. The summed E-state index contributed by atoms with van der Waals surface area (Å²) in [4.78, 5) is 4.19. The van der Waals surface area contributed by atoms with Crippen molar-refractivity contribution in [3.63, 3.8) is 0 Å². The molecular formula is C10H17N3O. The van der Waals surface area contributed by atoms with Crippen molar-refractivity contribution in [3.05, 3.63) is 18.2 Å². The van der Waals surface area contributed by atoms with Crippen molar-refractivity contribution < 1.29 is 4.74 Å². The van der Waals surface area contributed by atoms with Gasteiger partial charge in [0, 0.05) is 19.3 Å². The van der Waals surface area contributed by atoms with Gasteiger partial charge < -0.3 is 15.0 Å². The van der Waals surface area contributed by atoms with Crippen LogP contribution in [0.4, 0.5) is 0 Å². The second-order valence-corrected chi connectivity index (χ2v) is 4.14. The summed E-state index contributed by atoms with van der Waals surface area (Å²) in [6.45, 7) is 4.42. The van der Waals surface area contributed by atoms with Crippen molar-refractivity contribution in [2.24, 2.45) is 5.73 Å². The van der Waals surface area contributed by atoms with E-state index >= 15 is 0 Å². The van der Waals surface area contributed by atoms with Gasteiger partial charge in [-0.3, -0.25) is 0 Å². The van der Waals surface area contributed by atoms with Gasteiger partial charge in [0.15, 0.2) is 0 Å². The van der Waals surface area contributed by atoms with E-state index in [0.717, 1.165) is 31.7 Å². The normalized spacial score (nSPS) is 27.0. The molecule has 1 aromatic heterocycles. The summed E-state index contributed by atoms with van der Waals surface area (Å²) in [6.07, 6.45) is 6.11. The number of nitrogens with zero attached hydrogens (tertiary/aromatic N) is 2. The highest BCUT2D eigenvalue weighted by Gasteiger charge is 2.29. The van der Waals surface area contributed by atoms with Gasteiger partial charge in [0.25, 0.3) is 0 Å². The van der Waals surface area contributed by atoms with E-state index in [1.807, 2.05) is 12.5 Å². The molecule has 4 nitrogen and oxygen atoms in total. The standard InChI is InChI=1S/C10H17N3O/c1-10(3-2-4-14-10)7-13-6-9(5-11)12-8-13/h6,8H,2-5,7,11H2,1H3. The number of nitrogens with two attached hydrogens (primary N) is 1. The molecular weight excluding hydrogens is 178 g/mol. The molecule has 1 aliphatic heterocycles. The van der Waals surface area contributed by atoms with E-state index in [4.69, 9.17) is 10.5 Å². The Morgan fingerprint density at radius 2 is 2.57 bits per heavy atom. The third kappa shape index (κ3) is 1.96. The van der Waals surface area contributed by atoms with Crippen LogP contribution in [0.15, 0.2) is 12.5 Å². The lowest BCUT2D eigenvalue weighted by Gasteiger charge is -2.23. The topological polar surface area (TPSA) is 53.1 Å². The third-order valence-electron chi connectivity index (χ3n) is 2.71. The Kier molecular flexibility index (Phi) is 2.56. The fraction of sp³-hybridized carbons (Fsp3) is 0.700. The zero-order valence-corrected chi connectivity index (χ0v) is 8.57. The van der Waals surface area contributed by atoms with Crippen LogP contribution in [0.5, 0.6) is 0 Å². The van der Waals surface area contributed by atoms with E-state index < -0.39 is 0 Å². The van der Waals surface area contributed by atoms with E-state index in [1.54, 1.807) is 0 Å². The minimum atomic E-state index is -0.00737. The molecule has 1 aliphatic rings. The van der Waals surface area contributed by atoms with Crippen molar-refractivity contribution in [1.29, 1.82) is 0 Å². The van der Waals surface area contributed by atoms with E-state index in [1.165, 1.54) is 0 Å². The highest BCUT2D eigenvalue weighted by atomic mass is 16.5. The summed E-state index contributed by atoms with van der Waals surface area (Å²) in [5.41, 5.74) is 6.43. The highest BCUT2D eigenvalue weighted by Crippen LogP contribution is 2.26. The maximum atomic E-state index is 5.71. The first-order chi connectivity index (χ1) is 6.72. The van der Waals surface area contributed by atoms with Gasteiger partial charge in [0.2, 0.25) is 0 Å². The predicted octanol–water partition coefficient (Wildman–Crippen LogP) is 0.911. The number of hydrogen-bond donors (Lipinski definition) is 1. The molecule has 0 aromatic carbocycles. The zero-order chi connectivity index (χ0) is 10.0.